The number of carbonyl (C=O) groups is 1. The maximum Gasteiger partial charge on any atom is 0.222 e. The van der Waals surface area contributed by atoms with Crippen LogP contribution in [0.5, 0.6) is 0 Å². The molecule has 1 amide bonds. The second-order valence-electron chi connectivity index (χ2n) is 7.19. The van der Waals surface area contributed by atoms with E-state index in [4.69, 9.17) is 0 Å². The highest BCUT2D eigenvalue weighted by molar-refractivity contribution is 5.77. The zero-order valence-corrected chi connectivity index (χ0v) is 13.6. The molecule has 1 heterocycles. The van der Waals surface area contributed by atoms with E-state index >= 15 is 0 Å². The molecule has 0 aromatic carbocycles. The lowest BCUT2D eigenvalue weighted by atomic mass is 9.97. The number of piperidine rings is 1. The van der Waals surface area contributed by atoms with Crippen molar-refractivity contribution in [2.75, 3.05) is 26.2 Å². The number of hydrogen-bond acceptors (Lipinski definition) is 3. The van der Waals surface area contributed by atoms with Crippen molar-refractivity contribution in [3.05, 3.63) is 0 Å². The molecule has 122 valence electrons. The topological polar surface area (TPSA) is 52.6 Å². The van der Waals surface area contributed by atoms with Gasteiger partial charge in [0.2, 0.25) is 5.91 Å². The van der Waals surface area contributed by atoms with Gasteiger partial charge in [0.1, 0.15) is 0 Å². The van der Waals surface area contributed by atoms with Crippen molar-refractivity contribution in [1.82, 2.24) is 10.2 Å². The Hall–Kier alpha value is -0.610. The molecule has 2 fully saturated rings. The van der Waals surface area contributed by atoms with Gasteiger partial charge in [0, 0.05) is 6.54 Å². The summed E-state index contributed by atoms with van der Waals surface area (Å²) in [6, 6.07) is 0. The van der Waals surface area contributed by atoms with Gasteiger partial charge < -0.3 is 15.3 Å². The summed E-state index contributed by atoms with van der Waals surface area (Å²) in [5.41, 5.74) is -0.714. The monoisotopic (exact) mass is 296 g/mol. The molecule has 1 saturated heterocycles. The molecule has 0 bridgehead atoms. The maximum absolute atomic E-state index is 11.8. The van der Waals surface area contributed by atoms with Crippen LogP contribution in [0.4, 0.5) is 0 Å². The zero-order valence-electron chi connectivity index (χ0n) is 13.6. The first-order valence-electron chi connectivity index (χ1n) is 8.79. The molecule has 0 spiro atoms. The van der Waals surface area contributed by atoms with Crippen molar-refractivity contribution >= 4 is 5.91 Å². The van der Waals surface area contributed by atoms with Crippen LogP contribution in [0.2, 0.25) is 0 Å². The van der Waals surface area contributed by atoms with Gasteiger partial charge in [-0.2, -0.15) is 0 Å². The number of nitrogens with zero attached hydrogens (tertiary/aromatic N) is 1. The molecular formula is C17H32N2O2. The van der Waals surface area contributed by atoms with Crippen molar-refractivity contribution in [3.8, 4) is 0 Å². The Balaban J connectivity index is 1.48. The lowest BCUT2D eigenvalue weighted by molar-refractivity contribution is -0.125. The number of likely N-dealkylation sites (tertiary alicyclic amines) is 1. The van der Waals surface area contributed by atoms with E-state index in [0.29, 0.717) is 0 Å². The third-order valence-electron chi connectivity index (χ3n) is 5.12. The van der Waals surface area contributed by atoms with Gasteiger partial charge in [-0.1, -0.05) is 19.8 Å². The molecule has 0 aromatic heterocycles. The summed E-state index contributed by atoms with van der Waals surface area (Å²) >= 11 is 0. The highest BCUT2D eigenvalue weighted by atomic mass is 16.3. The fraction of sp³-hybridized carbons (Fsp3) is 0.941. The van der Waals surface area contributed by atoms with E-state index in [2.05, 4.69) is 17.1 Å². The smallest absolute Gasteiger partial charge is 0.222 e. The second kappa shape index (κ2) is 8.14. The number of amides is 1. The first-order chi connectivity index (χ1) is 10.1. The van der Waals surface area contributed by atoms with Gasteiger partial charge in [0.15, 0.2) is 0 Å². The highest BCUT2D eigenvalue weighted by Crippen LogP contribution is 2.32. The van der Waals surface area contributed by atoms with Crippen LogP contribution in [0.1, 0.15) is 64.7 Å². The molecule has 0 atom stereocenters. The Bertz CT molecular complexity index is 319. The molecule has 1 aliphatic carbocycles. The minimum atomic E-state index is -0.714. The molecule has 2 N–H and O–H groups in total. The van der Waals surface area contributed by atoms with E-state index < -0.39 is 5.60 Å². The fourth-order valence-electron chi connectivity index (χ4n) is 3.55. The third kappa shape index (κ3) is 5.95. The van der Waals surface area contributed by atoms with Crippen molar-refractivity contribution in [1.29, 1.82) is 0 Å². The average Bonchev–Trinajstić information content (AvgIpc) is 2.87. The molecule has 0 unspecified atom stereocenters. The second-order valence-corrected chi connectivity index (χ2v) is 7.19. The van der Waals surface area contributed by atoms with Crippen LogP contribution < -0.4 is 5.32 Å². The average molecular weight is 296 g/mol. The molecule has 2 rings (SSSR count). The van der Waals surface area contributed by atoms with Crippen LogP contribution in [0.3, 0.4) is 0 Å². The fourth-order valence-corrected chi connectivity index (χ4v) is 3.55. The number of carbonyl (C=O) groups excluding carboxylic acids is 1. The highest BCUT2D eigenvalue weighted by Gasteiger charge is 2.33. The normalized spacial score (nSPS) is 23.3. The maximum atomic E-state index is 11.8. The van der Waals surface area contributed by atoms with Gasteiger partial charge in [-0.15, -0.1) is 0 Å². The number of hydrogen-bond donors (Lipinski definition) is 2. The van der Waals surface area contributed by atoms with Gasteiger partial charge in [0.25, 0.3) is 0 Å². The summed E-state index contributed by atoms with van der Waals surface area (Å²) in [5, 5.41) is 13.2. The quantitative estimate of drug-likeness (QED) is 0.709. The summed E-state index contributed by atoms with van der Waals surface area (Å²) in [4.78, 5) is 14.4. The van der Waals surface area contributed by atoms with Crippen LogP contribution in [0, 0.1) is 5.92 Å². The van der Waals surface area contributed by atoms with Crippen LogP contribution in [0.15, 0.2) is 0 Å². The summed E-state index contributed by atoms with van der Waals surface area (Å²) in [6.07, 6.45) is 8.81. The van der Waals surface area contributed by atoms with Crippen molar-refractivity contribution in [2.24, 2.45) is 5.92 Å². The Labute approximate surface area is 129 Å². The predicted octanol–water partition coefficient (Wildman–Crippen LogP) is 2.31. The molecule has 0 aromatic rings. The van der Waals surface area contributed by atoms with Crippen LogP contribution >= 0.6 is 0 Å². The Morgan fingerprint density at radius 1 is 1.24 bits per heavy atom. The Morgan fingerprint density at radius 2 is 1.90 bits per heavy atom. The zero-order chi connectivity index (χ0) is 15.1. The van der Waals surface area contributed by atoms with Crippen LogP contribution in [0.25, 0.3) is 0 Å². The minimum absolute atomic E-state index is 0.0196. The first-order valence-corrected chi connectivity index (χ1v) is 8.79. The largest absolute Gasteiger partial charge is 0.389 e. The lowest BCUT2D eigenvalue weighted by Crippen LogP contribution is -2.36. The van der Waals surface area contributed by atoms with E-state index in [-0.39, 0.29) is 12.3 Å². The molecule has 1 saturated carbocycles. The number of unbranched alkanes of at least 4 members (excludes halogenated alkanes) is 1. The molecule has 4 nitrogen and oxygen atoms in total. The predicted molar refractivity (Wildman–Crippen MR) is 85.1 cm³/mol. The van der Waals surface area contributed by atoms with E-state index in [1.54, 1.807) is 0 Å². The molecule has 2 aliphatic rings. The van der Waals surface area contributed by atoms with Gasteiger partial charge in [-0.05, 0) is 64.1 Å². The SMILES string of the molecule is CC1CCN(CCCCNC(=O)CC2(O)CCCC2)CC1. The van der Waals surface area contributed by atoms with E-state index in [1.807, 2.05) is 0 Å². The molecular weight excluding hydrogens is 264 g/mol. The van der Waals surface area contributed by atoms with Gasteiger partial charge >= 0.3 is 0 Å². The molecule has 21 heavy (non-hydrogen) atoms. The lowest BCUT2D eigenvalue weighted by Gasteiger charge is -2.30. The van der Waals surface area contributed by atoms with Crippen molar-refractivity contribution < 1.29 is 9.90 Å². The minimum Gasteiger partial charge on any atom is -0.389 e. The van der Waals surface area contributed by atoms with Crippen molar-refractivity contribution in [2.45, 2.75) is 70.3 Å². The van der Waals surface area contributed by atoms with Gasteiger partial charge in [0.05, 0.1) is 12.0 Å². The summed E-state index contributed by atoms with van der Waals surface area (Å²) < 4.78 is 0. The van der Waals surface area contributed by atoms with Crippen LogP contribution in [-0.4, -0.2) is 47.7 Å². The van der Waals surface area contributed by atoms with E-state index in [1.165, 1.54) is 25.9 Å². The summed E-state index contributed by atoms with van der Waals surface area (Å²) in [7, 11) is 0. The van der Waals surface area contributed by atoms with Gasteiger partial charge in [-0.3, -0.25) is 4.79 Å². The molecule has 4 heteroatoms. The van der Waals surface area contributed by atoms with E-state index in [0.717, 1.165) is 57.5 Å². The van der Waals surface area contributed by atoms with E-state index in [9.17, 15) is 9.90 Å². The number of aliphatic hydroxyl groups is 1. The Kier molecular flexibility index (Phi) is 6.49. The summed E-state index contributed by atoms with van der Waals surface area (Å²) in [6.45, 7) is 6.72. The third-order valence-corrected chi connectivity index (χ3v) is 5.12. The summed E-state index contributed by atoms with van der Waals surface area (Å²) in [5.74, 6) is 0.910. The molecule has 1 aliphatic heterocycles. The molecule has 0 radical (unpaired) electrons. The first kappa shape index (κ1) is 16.8. The number of rotatable bonds is 7. The van der Waals surface area contributed by atoms with Gasteiger partial charge in [-0.25, -0.2) is 0 Å². The Morgan fingerprint density at radius 3 is 2.57 bits per heavy atom. The standard InChI is InChI=1S/C17H32N2O2/c1-15-6-12-19(13-7-15)11-5-4-10-18-16(20)14-17(21)8-2-3-9-17/h15,21H,2-14H2,1H3,(H,18,20). The number of nitrogens with one attached hydrogen (secondary N) is 1. The van der Waals surface area contributed by atoms with Crippen LogP contribution in [-0.2, 0) is 4.79 Å². The van der Waals surface area contributed by atoms with Crippen molar-refractivity contribution in [3.63, 3.8) is 0 Å².